The molecule has 1 aliphatic carbocycles. The summed E-state index contributed by atoms with van der Waals surface area (Å²) < 4.78 is 2.17. The molecule has 0 aliphatic heterocycles. The second-order valence-electron chi connectivity index (χ2n) is 6.18. The third-order valence-electron chi connectivity index (χ3n) is 4.62. The number of imidazole rings is 1. The summed E-state index contributed by atoms with van der Waals surface area (Å²) >= 11 is 0. The van der Waals surface area contributed by atoms with Gasteiger partial charge in [-0.3, -0.25) is 4.57 Å². The van der Waals surface area contributed by atoms with E-state index in [1.54, 1.807) is 0 Å². The highest BCUT2D eigenvalue weighted by Crippen LogP contribution is 2.28. The number of nitrogens with zero attached hydrogens (tertiary/aromatic N) is 2. The van der Waals surface area contributed by atoms with Crippen molar-refractivity contribution in [3.8, 4) is 5.69 Å². The van der Waals surface area contributed by atoms with Crippen LogP contribution in [0.4, 0.5) is 5.95 Å². The lowest BCUT2D eigenvalue weighted by Gasteiger charge is -2.28. The number of rotatable bonds is 4. The van der Waals surface area contributed by atoms with Gasteiger partial charge in [0.1, 0.15) is 0 Å². The number of nitrogens with one attached hydrogen (secondary N) is 1. The van der Waals surface area contributed by atoms with E-state index in [-0.39, 0.29) is 0 Å². The van der Waals surface area contributed by atoms with E-state index < -0.39 is 0 Å². The third-order valence-corrected chi connectivity index (χ3v) is 4.62. The largest absolute Gasteiger partial charge is 0.353 e. The van der Waals surface area contributed by atoms with Crippen LogP contribution < -0.4 is 5.32 Å². The molecule has 1 aromatic carbocycles. The van der Waals surface area contributed by atoms with Crippen molar-refractivity contribution in [1.29, 1.82) is 0 Å². The number of aromatic nitrogens is 2. The van der Waals surface area contributed by atoms with Crippen LogP contribution >= 0.6 is 0 Å². The average molecular weight is 283 g/mol. The maximum atomic E-state index is 4.67. The van der Waals surface area contributed by atoms with E-state index in [2.05, 4.69) is 59.2 Å². The van der Waals surface area contributed by atoms with Gasteiger partial charge in [0.15, 0.2) is 0 Å². The Morgan fingerprint density at radius 3 is 2.52 bits per heavy atom. The van der Waals surface area contributed by atoms with Crippen molar-refractivity contribution >= 4 is 5.95 Å². The molecule has 3 heteroatoms. The first-order chi connectivity index (χ1) is 10.3. The first kappa shape index (κ1) is 14.2. The van der Waals surface area contributed by atoms with Crippen LogP contribution in [0.25, 0.3) is 5.69 Å². The molecule has 0 amide bonds. The highest BCUT2D eigenvalue weighted by molar-refractivity contribution is 5.43. The fraction of sp³-hybridized carbons (Fsp3) is 0.500. The minimum absolute atomic E-state index is 0.567. The summed E-state index contributed by atoms with van der Waals surface area (Å²) in [5, 5.41) is 3.67. The fourth-order valence-corrected chi connectivity index (χ4v) is 3.28. The van der Waals surface area contributed by atoms with Gasteiger partial charge in [-0.15, -0.1) is 0 Å². The van der Waals surface area contributed by atoms with Gasteiger partial charge in [-0.1, -0.05) is 31.5 Å². The predicted molar refractivity (Wildman–Crippen MR) is 88.0 cm³/mol. The van der Waals surface area contributed by atoms with Crippen LogP contribution in [0.15, 0.2) is 36.5 Å². The van der Waals surface area contributed by atoms with Crippen LogP contribution in [0.3, 0.4) is 0 Å². The van der Waals surface area contributed by atoms with E-state index >= 15 is 0 Å². The molecule has 1 saturated carbocycles. The van der Waals surface area contributed by atoms with Gasteiger partial charge in [-0.25, -0.2) is 4.98 Å². The van der Waals surface area contributed by atoms with Crippen molar-refractivity contribution in [2.45, 2.75) is 52.0 Å². The Kier molecular flexibility index (Phi) is 4.28. The molecular weight excluding hydrogens is 258 g/mol. The molecule has 3 nitrogen and oxygen atoms in total. The molecular formula is C18H25N3. The Morgan fingerprint density at radius 1 is 1.14 bits per heavy atom. The number of benzene rings is 1. The Bertz CT molecular complexity index is 565. The number of aryl methyl sites for hydroxylation is 1. The van der Waals surface area contributed by atoms with E-state index in [4.69, 9.17) is 0 Å². The summed E-state index contributed by atoms with van der Waals surface area (Å²) in [6, 6.07) is 11.0. The highest BCUT2D eigenvalue weighted by atomic mass is 15.2. The van der Waals surface area contributed by atoms with Crippen LogP contribution in [-0.2, 0) is 0 Å². The smallest absolute Gasteiger partial charge is 0.207 e. The third kappa shape index (κ3) is 3.29. The summed E-state index contributed by atoms with van der Waals surface area (Å²) in [5.41, 5.74) is 2.23. The van der Waals surface area contributed by atoms with Gasteiger partial charge in [0, 0.05) is 17.9 Å². The van der Waals surface area contributed by atoms with Gasteiger partial charge in [-0.05, 0) is 50.7 Å². The van der Waals surface area contributed by atoms with Crippen LogP contribution in [0.2, 0.25) is 0 Å². The van der Waals surface area contributed by atoms with Gasteiger partial charge < -0.3 is 5.32 Å². The number of para-hydroxylation sites is 1. The van der Waals surface area contributed by atoms with Crippen molar-refractivity contribution in [2.24, 2.45) is 5.92 Å². The molecule has 0 unspecified atom stereocenters. The molecule has 1 heterocycles. The molecule has 1 aliphatic rings. The summed E-state index contributed by atoms with van der Waals surface area (Å²) in [4.78, 5) is 4.67. The molecule has 1 fully saturated rings. The molecule has 0 atom stereocenters. The zero-order valence-electron chi connectivity index (χ0n) is 13.0. The SMILES string of the molecule is CCC1CCC(Nc2nc(C)cn2-c2ccccc2)CC1. The quantitative estimate of drug-likeness (QED) is 0.891. The van der Waals surface area contributed by atoms with Crippen LogP contribution in [0.1, 0.15) is 44.7 Å². The van der Waals surface area contributed by atoms with Crippen LogP contribution in [-0.4, -0.2) is 15.6 Å². The molecule has 112 valence electrons. The van der Waals surface area contributed by atoms with Crippen molar-refractivity contribution in [3.05, 3.63) is 42.2 Å². The molecule has 1 N–H and O–H groups in total. The van der Waals surface area contributed by atoms with Gasteiger partial charge in [0.2, 0.25) is 5.95 Å². The number of hydrogen-bond donors (Lipinski definition) is 1. The maximum absolute atomic E-state index is 4.67. The maximum Gasteiger partial charge on any atom is 0.207 e. The summed E-state index contributed by atoms with van der Waals surface area (Å²) in [6.45, 7) is 4.36. The molecule has 1 aromatic heterocycles. The van der Waals surface area contributed by atoms with Gasteiger partial charge >= 0.3 is 0 Å². The highest BCUT2D eigenvalue weighted by Gasteiger charge is 2.21. The van der Waals surface area contributed by atoms with Crippen molar-refractivity contribution < 1.29 is 0 Å². The summed E-state index contributed by atoms with van der Waals surface area (Å²) in [7, 11) is 0. The molecule has 3 rings (SSSR count). The second-order valence-corrected chi connectivity index (χ2v) is 6.18. The number of anilines is 1. The lowest BCUT2D eigenvalue weighted by atomic mass is 9.85. The van der Waals surface area contributed by atoms with E-state index in [1.807, 2.05) is 6.07 Å². The fourth-order valence-electron chi connectivity index (χ4n) is 3.28. The van der Waals surface area contributed by atoms with E-state index in [9.17, 15) is 0 Å². The average Bonchev–Trinajstić information content (AvgIpc) is 2.89. The Morgan fingerprint density at radius 2 is 1.86 bits per heavy atom. The van der Waals surface area contributed by atoms with Gasteiger partial charge in [0.05, 0.1) is 5.69 Å². The minimum Gasteiger partial charge on any atom is -0.353 e. The molecule has 0 spiro atoms. The molecule has 0 radical (unpaired) electrons. The van der Waals surface area contributed by atoms with Gasteiger partial charge in [0.25, 0.3) is 0 Å². The Labute approximate surface area is 127 Å². The normalized spacial score (nSPS) is 22.2. The zero-order chi connectivity index (χ0) is 14.7. The molecule has 0 bridgehead atoms. The topological polar surface area (TPSA) is 29.9 Å². The first-order valence-electron chi connectivity index (χ1n) is 8.14. The Balaban J connectivity index is 1.74. The van der Waals surface area contributed by atoms with Crippen LogP contribution in [0.5, 0.6) is 0 Å². The first-order valence-corrected chi connectivity index (χ1v) is 8.14. The number of hydrogen-bond acceptors (Lipinski definition) is 2. The minimum atomic E-state index is 0.567. The van der Waals surface area contributed by atoms with E-state index in [0.717, 1.165) is 17.6 Å². The van der Waals surface area contributed by atoms with Crippen molar-refractivity contribution in [2.75, 3.05) is 5.32 Å². The van der Waals surface area contributed by atoms with E-state index in [1.165, 1.54) is 37.8 Å². The lowest BCUT2D eigenvalue weighted by molar-refractivity contribution is 0.329. The summed E-state index contributed by atoms with van der Waals surface area (Å²) in [6.07, 6.45) is 8.65. The summed E-state index contributed by atoms with van der Waals surface area (Å²) in [5.74, 6) is 1.91. The van der Waals surface area contributed by atoms with Crippen molar-refractivity contribution in [1.82, 2.24) is 9.55 Å². The van der Waals surface area contributed by atoms with Crippen LogP contribution in [0, 0.1) is 12.8 Å². The standard InChI is InChI=1S/C18H25N3/c1-3-15-9-11-16(12-10-15)20-18-19-14(2)13-21(18)17-7-5-4-6-8-17/h4-8,13,15-16H,3,9-12H2,1-2H3,(H,19,20). The molecule has 2 aromatic rings. The molecule has 0 saturated heterocycles. The second kappa shape index (κ2) is 6.33. The van der Waals surface area contributed by atoms with Gasteiger partial charge in [-0.2, -0.15) is 0 Å². The predicted octanol–water partition coefficient (Wildman–Crippen LogP) is 4.56. The lowest BCUT2D eigenvalue weighted by Crippen LogP contribution is -2.27. The van der Waals surface area contributed by atoms with E-state index in [0.29, 0.717) is 6.04 Å². The molecule has 21 heavy (non-hydrogen) atoms. The Hall–Kier alpha value is -1.77. The zero-order valence-corrected chi connectivity index (χ0v) is 13.0. The van der Waals surface area contributed by atoms with Crippen molar-refractivity contribution in [3.63, 3.8) is 0 Å². The monoisotopic (exact) mass is 283 g/mol.